The molecule has 0 atom stereocenters. The van der Waals surface area contributed by atoms with E-state index >= 15 is 0 Å². The molecule has 0 aromatic heterocycles. The Morgan fingerprint density at radius 3 is 2.71 bits per heavy atom. The summed E-state index contributed by atoms with van der Waals surface area (Å²) in [6, 6.07) is 14.0. The first-order chi connectivity index (χ1) is 8.27. The lowest BCUT2D eigenvalue weighted by Crippen LogP contribution is -2.11. The number of hydrogen-bond donors (Lipinski definition) is 1. The quantitative estimate of drug-likeness (QED) is 0.801. The molecule has 0 fully saturated rings. The van der Waals surface area contributed by atoms with Gasteiger partial charge in [0.25, 0.3) is 0 Å². The molecule has 2 rings (SSSR count). The first kappa shape index (κ1) is 11.5. The van der Waals surface area contributed by atoms with E-state index in [4.69, 9.17) is 10.5 Å². The number of carbonyl (C=O) groups is 1. The van der Waals surface area contributed by atoms with Crippen molar-refractivity contribution in [1.82, 2.24) is 0 Å². The van der Waals surface area contributed by atoms with E-state index in [9.17, 15) is 4.79 Å². The van der Waals surface area contributed by atoms with Gasteiger partial charge in [-0.25, -0.2) is 0 Å². The maximum Gasteiger partial charge on any atom is 0.217 e. The highest BCUT2D eigenvalue weighted by atomic mass is 16.5. The summed E-state index contributed by atoms with van der Waals surface area (Å²) < 4.78 is 5.66. The van der Waals surface area contributed by atoms with Crippen molar-refractivity contribution in [2.45, 2.75) is 12.8 Å². The number of amides is 1. The maximum atomic E-state index is 10.6. The van der Waals surface area contributed by atoms with Gasteiger partial charge in [-0.2, -0.15) is 0 Å². The Balaban J connectivity index is 2.05. The van der Waals surface area contributed by atoms with Crippen molar-refractivity contribution in [2.75, 3.05) is 6.61 Å². The molecule has 0 aliphatic rings. The minimum atomic E-state index is -0.286. The van der Waals surface area contributed by atoms with Crippen LogP contribution in [0.25, 0.3) is 10.8 Å². The second-order valence-electron chi connectivity index (χ2n) is 3.90. The molecular formula is C14H15NO2. The van der Waals surface area contributed by atoms with Gasteiger partial charge in [0.1, 0.15) is 5.75 Å². The van der Waals surface area contributed by atoms with Crippen molar-refractivity contribution in [2.24, 2.45) is 5.73 Å². The van der Waals surface area contributed by atoms with Gasteiger partial charge in [-0.3, -0.25) is 4.79 Å². The van der Waals surface area contributed by atoms with Crippen LogP contribution in [0.4, 0.5) is 0 Å². The first-order valence-corrected chi connectivity index (χ1v) is 5.66. The molecule has 3 nitrogen and oxygen atoms in total. The van der Waals surface area contributed by atoms with Gasteiger partial charge in [-0.05, 0) is 17.9 Å². The fourth-order valence-electron chi connectivity index (χ4n) is 1.75. The van der Waals surface area contributed by atoms with Crippen molar-refractivity contribution in [3.63, 3.8) is 0 Å². The number of fused-ring (bicyclic) bond motifs is 1. The molecule has 2 N–H and O–H groups in total. The molecule has 0 unspecified atom stereocenters. The molecule has 0 aliphatic carbocycles. The van der Waals surface area contributed by atoms with Crippen LogP contribution in [-0.2, 0) is 4.79 Å². The predicted octanol–water partition coefficient (Wildman–Crippen LogP) is 2.48. The van der Waals surface area contributed by atoms with Gasteiger partial charge < -0.3 is 10.5 Å². The number of hydrogen-bond acceptors (Lipinski definition) is 2. The Labute approximate surface area is 100 Å². The van der Waals surface area contributed by atoms with Gasteiger partial charge in [0.15, 0.2) is 0 Å². The van der Waals surface area contributed by atoms with Crippen molar-refractivity contribution in [1.29, 1.82) is 0 Å². The highest BCUT2D eigenvalue weighted by molar-refractivity contribution is 5.88. The van der Waals surface area contributed by atoms with E-state index in [-0.39, 0.29) is 5.91 Å². The molecule has 0 bridgehead atoms. The zero-order valence-electron chi connectivity index (χ0n) is 9.56. The molecule has 2 aromatic carbocycles. The molecule has 0 saturated heterocycles. The third kappa shape index (κ3) is 2.97. The van der Waals surface area contributed by atoms with E-state index in [1.54, 1.807) is 0 Å². The fraction of sp³-hybridized carbons (Fsp3) is 0.214. The Bertz CT molecular complexity index is 517. The van der Waals surface area contributed by atoms with Crippen LogP contribution in [-0.4, -0.2) is 12.5 Å². The summed E-state index contributed by atoms with van der Waals surface area (Å²) in [5.41, 5.74) is 5.07. The summed E-state index contributed by atoms with van der Waals surface area (Å²) in [5.74, 6) is 0.569. The van der Waals surface area contributed by atoms with Crippen molar-refractivity contribution >= 4 is 16.7 Å². The molecule has 0 saturated carbocycles. The Morgan fingerprint density at radius 2 is 1.88 bits per heavy atom. The predicted molar refractivity (Wildman–Crippen MR) is 67.9 cm³/mol. The van der Waals surface area contributed by atoms with Crippen LogP contribution in [0.3, 0.4) is 0 Å². The molecule has 0 aliphatic heterocycles. The van der Waals surface area contributed by atoms with Gasteiger partial charge in [0, 0.05) is 11.8 Å². The molecule has 17 heavy (non-hydrogen) atoms. The lowest BCUT2D eigenvalue weighted by molar-refractivity contribution is -0.118. The second-order valence-corrected chi connectivity index (χ2v) is 3.90. The summed E-state index contributed by atoms with van der Waals surface area (Å²) in [5, 5.41) is 2.24. The second kappa shape index (κ2) is 5.34. The summed E-state index contributed by atoms with van der Waals surface area (Å²) >= 11 is 0. The van der Waals surface area contributed by atoms with Crippen molar-refractivity contribution in [3.05, 3.63) is 42.5 Å². The zero-order valence-corrected chi connectivity index (χ0v) is 9.56. The average Bonchev–Trinajstić information content (AvgIpc) is 2.34. The van der Waals surface area contributed by atoms with E-state index in [0.717, 1.165) is 16.5 Å². The largest absolute Gasteiger partial charge is 0.493 e. The molecule has 1 amide bonds. The number of primary amides is 1. The van der Waals surface area contributed by atoms with E-state index in [0.29, 0.717) is 19.4 Å². The minimum Gasteiger partial charge on any atom is -0.493 e. The summed E-state index contributed by atoms with van der Waals surface area (Å²) in [6.45, 7) is 0.511. The van der Waals surface area contributed by atoms with Crippen LogP contribution in [0.1, 0.15) is 12.8 Å². The Kier molecular flexibility index (Phi) is 3.60. The minimum absolute atomic E-state index is 0.286. The maximum absolute atomic E-state index is 10.6. The van der Waals surface area contributed by atoms with Gasteiger partial charge in [-0.15, -0.1) is 0 Å². The lowest BCUT2D eigenvalue weighted by Gasteiger charge is -2.08. The van der Waals surface area contributed by atoms with E-state index in [2.05, 4.69) is 0 Å². The van der Waals surface area contributed by atoms with Gasteiger partial charge in [-0.1, -0.05) is 36.4 Å². The highest BCUT2D eigenvalue weighted by Crippen LogP contribution is 2.25. The molecule has 3 heteroatoms. The molecular weight excluding hydrogens is 214 g/mol. The topological polar surface area (TPSA) is 52.3 Å². The molecule has 0 radical (unpaired) electrons. The van der Waals surface area contributed by atoms with E-state index in [1.165, 1.54) is 0 Å². The molecule has 0 heterocycles. The molecule has 0 spiro atoms. The average molecular weight is 229 g/mol. The summed E-state index contributed by atoms with van der Waals surface area (Å²) in [4.78, 5) is 10.6. The van der Waals surface area contributed by atoms with Crippen LogP contribution < -0.4 is 10.5 Å². The first-order valence-electron chi connectivity index (χ1n) is 5.66. The fourth-order valence-corrected chi connectivity index (χ4v) is 1.75. The zero-order chi connectivity index (χ0) is 12.1. The third-order valence-electron chi connectivity index (χ3n) is 2.57. The summed E-state index contributed by atoms with van der Waals surface area (Å²) in [7, 11) is 0. The summed E-state index contributed by atoms with van der Waals surface area (Å²) in [6.07, 6.45) is 1.02. The Hall–Kier alpha value is -2.03. The van der Waals surface area contributed by atoms with Crippen LogP contribution in [0.2, 0.25) is 0 Å². The van der Waals surface area contributed by atoms with Crippen molar-refractivity contribution in [3.8, 4) is 5.75 Å². The number of nitrogens with two attached hydrogens (primary N) is 1. The normalized spacial score (nSPS) is 10.4. The lowest BCUT2D eigenvalue weighted by atomic mass is 10.1. The monoisotopic (exact) mass is 229 g/mol. The number of benzene rings is 2. The number of ether oxygens (including phenoxy) is 1. The number of carbonyl (C=O) groups excluding carboxylic acids is 1. The number of rotatable bonds is 5. The van der Waals surface area contributed by atoms with Crippen LogP contribution in [0, 0.1) is 0 Å². The van der Waals surface area contributed by atoms with E-state index < -0.39 is 0 Å². The molecule has 2 aromatic rings. The third-order valence-corrected chi connectivity index (χ3v) is 2.57. The molecule has 88 valence electrons. The Morgan fingerprint density at radius 1 is 1.12 bits per heavy atom. The standard InChI is InChI=1S/C14H15NO2/c15-14(16)9-4-10-17-13-8-3-6-11-5-1-2-7-12(11)13/h1-3,5-8H,4,9-10H2,(H2,15,16). The smallest absolute Gasteiger partial charge is 0.217 e. The van der Waals surface area contributed by atoms with Crippen LogP contribution in [0.15, 0.2) is 42.5 Å². The van der Waals surface area contributed by atoms with Crippen molar-refractivity contribution < 1.29 is 9.53 Å². The van der Waals surface area contributed by atoms with Crippen LogP contribution >= 0.6 is 0 Å². The van der Waals surface area contributed by atoms with E-state index in [1.807, 2.05) is 42.5 Å². The SMILES string of the molecule is NC(=O)CCCOc1cccc2ccccc12. The van der Waals surface area contributed by atoms with Gasteiger partial charge in [0.05, 0.1) is 6.61 Å². The highest BCUT2D eigenvalue weighted by Gasteiger charge is 2.01. The van der Waals surface area contributed by atoms with Gasteiger partial charge >= 0.3 is 0 Å². The van der Waals surface area contributed by atoms with Gasteiger partial charge in [0.2, 0.25) is 5.91 Å². The van der Waals surface area contributed by atoms with Crippen LogP contribution in [0.5, 0.6) is 5.75 Å².